The molecule has 0 fully saturated rings. The summed E-state index contributed by atoms with van der Waals surface area (Å²) in [5, 5.41) is 2.74. The summed E-state index contributed by atoms with van der Waals surface area (Å²) in [7, 11) is 0. The van der Waals surface area contributed by atoms with Gasteiger partial charge in [0.05, 0.1) is 0 Å². The first kappa shape index (κ1) is 15.3. The Hall–Kier alpha value is -2.07. The smallest absolute Gasteiger partial charge is 0.225 e. The molecule has 0 spiro atoms. The van der Waals surface area contributed by atoms with Crippen LogP contribution in [0.3, 0.4) is 0 Å². The number of carbonyl (C=O) groups excluding carboxylic acids is 1. The van der Waals surface area contributed by atoms with Gasteiger partial charge in [-0.3, -0.25) is 4.79 Å². The summed E-state index contributed by atoms with van der Waals surface area (Å²) in [6, 6.07) is 13.2. The number of anilines is 1. The second-order valence-corrected chi connectivity index (χ2v) is 4.80. The maximum absolute atomic E-state index is 12.8. The van der Waals surface area contributed by atoms with Crippen molar-refractivity contribution in [3.8, 4) is 5.75 Å². The van der Waals surface area contributed by atoms with Crippen molar-refractivity contribution in [1.29, 1.82) is 0 Å². The minimum absolute atomic E-state index is 0.111. The van der Waals surface area contributed by atoms with Crippen LogP contribution in [0, 0.1) is 5.82 Å². The molecule has 0 saturated carbocycles. The first-order valence-corrected chi connectivity index (χ1v) is 7.04. The molecule has 0 bridgehead atoms. The van der Waals surface area contributed by atoms with Crippen LogP contribution >= 0.6 is 11.6 Å². The number of nitrogens with one attached hydrogen (secondary N) is 1. The number of halogens is 2. The molecule has 0 radical (unpaired) electrons. The molecule has 3 nitrogen and oxygen atoms in total. The molecule has 0 heterocycles. The summed E-state index contributed by atoms with van der Waals surface area (Å²) in [5.74, 6) is 0.505. The zero-order valence-electron chi connectivity index (χ0n) is 11.3. The van der Waals surface area contributed by atoms with Crippen molar-refractivity contribution in [3.63, 3.8) is 0 Å². The first-order valence-electron chi connectivity index (χ1n) is 6.50. The van der Waals surface area contributed by atoms with E-state index in [-0.39, 0.29) is 18.1 Å². The molecule has 2 aromatic carbocycles. The lowest BCUT2D eigenvalue weighted by Gasteiger charge is -2.08. The molecule has 2 rings (SSSR count). The molecule has 0 saturated heterocycles. The Morgan fingerprint density at radius 1 is 1.10 bits per heavy atom. The Labute approximate surface area is 127 Å². The van der Waals surface area contributed by atoms with Gasteiger partial charge in [0.15, 0.2) is 0 Å². The molecule has 0 unspecified atom stereocenters. The van der Waals surface area contributed by atoms with E-state index in [9.17, 15) is 9.18 Å². The third kappa shape index (κ3) is 5.08. The predicted octanol–water partition coefficient (Wildman–Crippen LogP) is 3.97. The predicted molar refractivity (Wildman–Crippen MR) is 81.1 cm³/mol. The van der Waals surface area contributed by atoms with E-state index in [1.54, 1.807) is 24.3 Å². The van der Waals surface area contributed by atoms with Gasteiger partial charge in [-0.1, -0.05) is 12.1 Å². The van der Waals surface area contributed by atoms with Crippen LogP contribution in [0.5, 0.6) is 5.75 Å². The van der Waals surface area contributed by atoms with Crippen molar-refractivity contribution in [2.45, 2.75) is 13.0 Å². The number of hydrogen-bond acceptors (Lipinski definition) is 2. The molecule has 0 aliphatic carbocycles. The van der Waals surface area contributed by atoms with E-state index in [1.165, 1.54) is 12.1 Å². The van der Waals surface area contributed by atoms with Gasteiger partial charge in [0.1, 0.15) is 18.2 Å². The minimum Gasteiger partial charge on any atom is -0.489 e. The van der Waals surface area contributed by atoms with Gasteiger partial charge in [-0.2, -0.15) is 0 Å². The molecule has 21 heavy (non-hydrogen) atoms. The largest absolute Gasteiger partial charge is 0.489 e. The van der Waals surface area contributed by atoms with Crippen LogP contribution in [0.1, 0.15) is 12.0 Å². The van der Waals surface area contributed by atoms with E-state index in [2.05, 4.69) is 5.32 Å². The highest BCUT2D eigenvalue weighted by atomic mass is 35.5. The molecule has 1 amide bonds. The summed E-state index contributed by atoms with van der Waals surface area (Å²) in [4.78, 5) is 11.4. The van der Waals surface area contributed by atoms with Crippen LogP contribution in [-0.2, 0) is 11.4 Å². The van der Waals surface area contributed by atoms with E-state index >= 15 is 0 Å². The zero-order valence-corrected chi connectivity index (χ0v) is 12.1. The van der Waals surface area contributed by atoms with Crippen molar-refractivity contribution in [3.05, 3.63) is 59.9 Å². The lowest BCUT2D eigenvalue weighted by Crippen LogP contribution is -2.11. The number of carbonyl (C=O) groups is 1. The number of alkyl halides is 1. The maximum atomic E-state index is 12.8. The van der Waals surface area contributed by atoms with E-state index in [0.29, 0.717) is 18.2 Å². The molecule has 0 aliphatic rings. The van der Waals surface area contributed by atoms with Crippen LogP contribution < -0.4 is 10.1 Å². The van der Waals surface area contributed by atoms with Crippen LogP contribution in [0.2, 0.25) is 0 Å². The molecular weight excluding hydrogens is 293 g/mol. The SMILES string of the molecule is O=C(CCCl)Nc1ccc(COc2ccc(F)cc2)cc1. The Balaban J connectivity index is 1.87. The van der Waals surface area contributed by atoms with Gasteiger partial charge in [0, 0.05) is 18.0 Å². The molecule has 0 aliphatic heterocycles. The van der Waals surface area contributed by atoms with Crippen molar-refractivity contribution in [1.82, 2.24) is 0 Å². The summed E-state index contributed by atoms with van der Waals surface area (Å²) < 4.78 is 18.3. The Morgan fingerprint density at radius 2 is 1.76 bits per heavy atom. The maximum Gasteiger partial charge on any atom is 0.225 e. The van der Waals surface area contributed by atoms with Crippen molar-refractivity contribution in [2.24, 2.45) is 0 Å². The van der Waals surface area contributed by atoms with Gasteiger partial charge in [-0.05, 0) is 42.0 Å². The van der Waals surface area contributed by atoms with Crippen molar-refractivity contribution < 1.29 is 13.9 Å². The molecule has 2 aromatic rings. The lowest BCUT2D eigenvalue weighted by atomic mass is 10.2. The van der Waals surface area contributed by atoms with E-state index in [0.717, 1.165) is 11.3 Å². The van der Waals surface area contributed by atoms with Crippen molar-refractivity contribution in [2.75, 3.05) is 11.2 Å². The third-order valence-electron chi connectivity index (χ3n) is 2.78. The molecule has 1 N–H and O–H groups in total. The van der Waals surface area contributed by atoms with Crippen LogP contribution in [-0.4, -0.2) is 11.8 Å². The number of hydrogen-bond donors (Lipinski definition) is 1. The second-order valence-electron chi connectivity index (χ2n) is 4.43. The van der Waals surface area contributed by atoms with Crippen LogP contribution in [0.15, 0.2) is 48.5 Å². The highest BCUT2D eigenvalue weighted by Gasteiger charge is 2.02. The highest BCUT2D eigenvalue weighted by Crippen LogP contribution is 2.15. The summed E-state index contributed by atoms with van der Waals surface area (Å²) in [6.07, 6.45) is 0.289. The number of ether oxygens (including phenoxy) is 1. The average Bonchev–Trinajstić information content (AvgIpc) is 2.48. The van der Waals surface area contributed by atoms with Crippen molar-refractivity contribution >= 4 is 23.2 Å². The zero-order chi connectivity index (χ0) is 15.1. The van der Waals surface area contributed by atoms with E-state index in [4.69, 9.17) is 16.3 Å². The molecule has 0 aromatic heterocycles. The van der Waals surface area contributed by atoms with Gasteiger partial charge in [0.2, 0.25) is 5.91 Å². The van der Waals surface area contributed by atoms with Gasteiger partial charge >= 0.3 is 0 Å². The quantitative estimate of drug-likeness (QED) is 0.820. The fourth-order valence-corrected chi connectivity index (χ4v) is 1.86. The van der Waals surface area contributed by atoms with Crippen LogP contribution in [0.25, 0.3) is 0 Å². The Morgan fingerprint density at radius 3 is 2.38 bits per heavy atom. The first-order chi connectivity index (χ1) is 10.2. The van der Waals surface area contributed by atoms with E-state index < -0.39 is 0 Å². The van der Waals surface area contributed by atoms with Gasteiger partial charge < -0.3 is 10.1 Å². The molecule has 5 heteroatoms. The average molecular weight is 308 g/mol. The molecule has 110 valence electrons. The summed E-state index contributed by atoms with van der Waals surface area (Å²) in [5.41, 5.74) is 1.67. The second kappa shape index (κ2) is 7.64. The van der Waals surface area contributed by atoms with Crippen LogP contribution in [0.4, 0.5) is 10.1 Å². The molecular formula is C16H15ClFNO2. The Kier molecular flexibility index (Phi) is 5.58. The highest BCUT2D eigenvalue weighted by molar-refractivity contribution is 6.19. The van der Waals surface area contributed by atoms with Gasteiger partial charge in [-0.15, -0.1) is 11.6 Å². The lowest BCUT2D eigenvalue weighted by molar-refractivity contribution is -0.115. The standard InChI is InChI=1S/C16H15ClFNO2/c17-10-9-16(20)19-14-5-1-12(2-6-14)11-21-15-7-3-13(18)4-8-15/h1-8H,9-11H2,(H,19,20). The minimum atomic E-state index is -0.292. The molecule has 0 atom stereocenters. The summed E-state index contributed by atoms with van der Waals surface area (Å²) >= 11 is 5.50. The number of rotatable bonds is 6. The fourth-order valence-electron chi connectivity index (χ4n) is 1.69. The normalized spacial score (nSPS) is 10.2. The third-order valence-corrected chi connectivity index (χ3v) is 2.97. The number of amides is 1. The fraction of sp³-hybridized carbons (Fsp3) is 0.188. The van der Waals surface area contributed by atoms with Gasteiger partial charge in [-0.25, -0.2) is 4.39 Å². The monoisotopic (exact) mass is 307 g/mol. The Bertz CT molecular complexity index is 584. The van der Waals surface area contributed by atoms with E-state index in [1.807, 2.05) is 12.1 Å². The topological polar surface area (TPSA) is 38.3 Å². The number of benzene rings is 2. The summed E-state index contributed by atoms with van der Waals surface area (Å²) in [6.45, 7) is 0.377. The van der Waals surface area contributed by atoms with Gasteiger partial charge in [0.25, 0.3) is 0 Å².